The number of aryl methyl sites for hydroxylation is 1. The lowest BCUT2D eigenvalue weighted by Gasteiger charge is -2.36. The van der Waals surface area contributed by atoms with E-state index in [0.29, 0.717) is 6.61 Å². The molecule has 1 aliphatic heterocycles. The number of morpholine rings is 1. The van der Waals surface area contributed by atoms with Crippen molar-refractivity contribution < 1.29 is 14.3 Å². The van der Waals surface area contributed by atoms with Gasteiger partial charge in [-0.25, -0.2) is 0 Å². The molecular weight excluding hydrogens is 384 g/mol. The van der Waals surface area contributed by atoms with Crippen LogP contribution in [0.2, 0.25) is 0 Å². The summed E-state index contributed by atoms with van der Waals surface area (Å²) in [6.07, 6.45) is 4.66. The van der Waals surface area contributed by atoms with E-state index in [1.54, 1.807) is 18.3 Å². The Bertz CT molecular complexity index is 841. The number of carbonyl (C=O) groups is 1. The van der Waals surface area contributed by atoms with Crippen LogP contribution < -0.4 is 10.1 Å². The van der Waals surface area contributed by atoms with Gasteiger partial charge in [-0.1, -0.05) is 12.1 Å². The molecule has 2 aliphatic rings. The van der Waals surface area contributed by atoms with Crippen molar-refractivity contribution in [2.24, 2.45) is 0 Å². The van der Waals surface area contributed by atoms with Crippen molar-refractivity contribution in [3.8, 4) is 5.75 Å². The summed E-state index contributed by atoms with van der Waals surface area (Å²) < 4.78 is 11.3. The van der Waals surface area contributed by atoms with Crippen LogP contribution in [-0.4, -0.2) is 43.7 Å². The molecule has 2 aromatic rings. The summed E-state index contributed by atoms with van der Waals surface area (Å²) >= 11 is 1.77. The van der Waals surface area contributed by atoms with Crippen LogP contribution >= 0.6 is 11.3 Å². The van der Waals surface area contributed by atoms with Gasteiger partial charge in [0.2, 0.25) is 5.91 Å². The van der Waals surface area contributed by atoms with Crippen molar-refractivity contribution in [2.75, 3.05) is 38.2 Å². The van der Waals surface area contributed by atoms with E-state index in [1.807, 2.05) is 6.92 Å². The third kappa shape index (κ3) is 4.49. The summed E-state index contributed by atoms with van der Waals surface area (Å²) in [7, 11) is 0. The molecule has 29 heavy (non-hydrogen) atoms. The van der Waals surface area contributed by atoms with Gasteiger partial charge in [-0.3, -0.25) is 9.69 Å². The molecule has 1 atom stereocenters. The predicted molar refractivity (Wildman–Crippen MR) is 117 cm³/mol. The van der Waals surface area contributed by atoms with Crippen LogP contribution in [0.3, 0.4) is 0 Å². The average Bonchev–Trinajstić information content (AvgIpc) is 3.08. The van der Waals surface area contributed by atoms with E-state index in [0.717, 1.165) is 49.9 Å². The standard InChI is InChI=1S/C23H30N2O3S/c1-3-28-18-10-8-17(9-11-18)22(25-12-14-27-15-13-25)21-19-6-4-5-7-20(19)29-23(21)24-16(2)26/h8-11,22H,3-7,12-15H2,1-2H3,(H,24,26)/t22-/m1/s1. The molecule has 0 radical (unpaired) electrons. The lowest BCUT2D eigenvalue weighted by atomic mass is 9.88. The molecule has 1 aromatic carbocycles. The fourth-order valence-corrected chi connectivity index (χ4v) is 5.81. The monoisotopic (exact) mass is 414 g/mol. The Morgan fingerprint density at radius 3 is 2.62 bits per heavy atom. The number of hydrogen-bond acceptors (Lipinski definition) is 5. The molecule has 1 amide bonds. The Labute approximate surface area is 177 Å². The quantitative estimate of drug-likeness (QED) is 0.761. The van der Waals surface area contributed by atoms with Crippen molar-refractivity contribution in [1.29, 1.82) is 0 Å². The summed E-state index contributed by atoms with van der Waals surface area (Å²) in [5.41, 5.74) is 3.99. The lowest BCUT2D eigenvalue weighted by Crippen LogP contribution is -2.40. The molecule has 5 nitrogen and oxygen atoms in total. The van der Waals surface area contributed by atoms with Gasteiger partial charge in [0.05, 0.1) is 25.9 Å². The van der Waals surface area contributed by atoms with Crippen molar-refractivity contribution in [2.45, 2.75) is 45.6 Å². The summed E-state index contributed by atoms with van der Waals surface area (Å²) in [6.45, 7) is 7.54. The average molecular weight is 415 g/mol. The third-order valence-corrected chi connectivity index (χ3v) is 6.92. The van der Waals surface area contributed by atoms with E-state index < -0.39 is 0 Å². The van der Waals surface area contributed by atoms with Crippen LogP contribution in [0.1, 0.15) is 54.3 Å². The molecule has 0 unspecified atom stereocenters. The number of rotatable bonds is 6. The zero-order chi connectivity index (χ0) is 20.2. The van der Waals surface area contributed by atoms with Gasteiger partial charge in [-0.15, -0.1) is 11.3 Å². The number of ether oxygens (including phenoxy) is 2. The van der Waals surface area contributed by atoms with Gasteiger partial charge in [0.15, 0.2) is 0 Å². The second-order valence-corrected chi connectivity index (χ2v) is 8.79. The van der Waals surface area contributed by atoms with Gasteiger partial charge in [0, 0.05) is 30.5 Å². The zero-order valence-corrected chi connectivity index (χ0v) is 18.1. The first-order valence-corrected chi connectivity index (χ1v) is 11.5. The smallest absolute Gasteiger partial charge is 0.221 e. The highest BCUT2D eigenvalue weighted by Crippen LogP contribution is 2.45. The number of nitrogens with one attached hydrogen (secondary N) is 1. The second kappa shape index (κ2) is 9.28. The molecule has 1 N–H and O–H groups in total. The summed E-state index contributed by atoms with van der Waals surface area (Å²) in [6, 6.07) is 8.59. The predicted octanol–water partition coefficient (Wildman–Crippen LogP) is 4.41. The van der Waals surface area contributed by atoms with Crippen molar-refractivity contribution in [3.63, 3.8) is 0 Å². The number of thiophene rings is 1. The minimum Gasteiger partial charge on any atom is -0.494 e. The number of fused-ring (bicyclic) bond motifs is 1. The Kier molecular flexibility index (Phi) is 6.53. The zero-order valence-electron chi connectivity index (χ0n) is 17.3. The third-order valence-electron chi connectivity index (χ3n) is 5.69. The minimum atomic E-state index is -0.00253. The normalized spacial score (nSPS) is 18.1. The number of benzene rings is 1. The largest absolute Gasteiger partial charge is 0.494 e. The van der Waals surface area contributed by atoms with E-state index in [4.69, 9.17) is 9.47 Å². The van der Waals surface area contributed by atoms with Gasteiger partial charge in [-0.2, -0.15) is 0 Å². The Balaban J connectivity index is 1.80. The molecule has 1 fully saturated rings. The van der Waals surface area contributed by atoms with Crippen LogP contribution in [0.15, 0.2) is 24.3 Å². The Hall–Kier alpha value is -1.89. The van der Waals surface area contributed by atoms with Crippen molar-refractivity contribution in [3.05, 3.63) is 45.8 Å². The molecule has 4 rings (SSSR count). The maximum Gasteiger partial charge on any atom is 0.221 e. The van der Waals surface area contributed by atoms with Crippen LogP contribution in [0.25, 0.3) is 0 Å². The molecule has 0 bridgehead atoms. The molecule has 2 heterocycles. The summed E-state index contributed by atoms with van der Waals surface area (Å²) in [5, 5.41) is 4.17. The second-order valence-electron chi connectivity index (χ2n) is 7.69. The van der Waals surface area contributed by atoms with Crippen LogP contribution in [-0.2, 0) is 22.4 Å². The summed E-state index contributed by atoms with van der Waals surface area (Å²) in [5.74, 6) is 0.892. The van der Waals surface area contributed by atoms with Crippen LogP contribution in [0.4, 0.5) is 5.00 Å². The van der Waals surface area contributed by atoms with Gasteiger partial charge in [0.25, 0.3) is 0 Å². The minimum absolute atomic E-state index is 0.00253. The van der Waals surface area contributed by atoms with Gasteiger partial charge < -0.3 is 14.8 Å². The molecule has 156 valence electrons. The van der Waals surface area contributed by atoms with Gasteiger partial charge >= 0.3 is 0 Å². The van der Waals surface area contributed by atoms with E-state index in [9.17, 15) is 4.79 Å². The SMILES string of the molecule is CCOc1ccc([C@H](c2c(NC(C)=O)sc3c2CCCC3)N2CCOCC2)cc1. The fourth-order valence-electron chi connectivity index (χ4n) is 4.44. The number of carbonyl (C=O) groups excluding carboxylic acids is 1. The maximum absolute atomic E-state index is 12.0. The first kappa shape index (κ1) is 20.4. The van der Waals surface area contributed by atoms with Crippen LogP contribution in [0, 0.1) is 0 Å². The van der Waals surface area contributed by atoms with Gasteiger partial charge in [-0.05, 0) is 55.9 Å². The number of nitrogens with zero attached hydrogens (tertiary/aromatic N) is 1. The first-order chi connectivity index (χ1) is 14.2. The molecule has 0 saturated carbocycles. The molecule has 0 spiro atoms. The molecule has 1 aromatic heterocycles. The topological polar surface area (TPSA) is 50.8 Å². The fraction of sp³-hybridized carbons (Fsp3) is 0.522. The first-order valence-electron chi connectivity index (χ1n) is 10.6. The molecule has 1 aliphatic carbocycles. The number of anilines is 1. The van der Waals surface area contributed by atoms with Crippen LogP contribution in [0.5, 0.6) is 5.75 Å². The Morgan fingerprint density at radius 1 is 1.21 bits per heavy atom. The molecule has 6 heteroatoms. The van der Waals surface area contributed by atoms with Gasteiger partial charge in [0.1, 0.15) is 10.8 Å². The highest BCUT2D eigenvalue weighted by molar-refractivity contribution is 7.16. The highest BCUT2D eigenvalue weighted by atomic mass is 32.1. The van der Waals surface area contributed by atoms with E-state index in [1.165, 1.54) is 34.4 Å². The van der Waals surface area contributed by atoms with E-state index in [-0.39, 0.29) is 11.9 Å². The number of amides is 1. The Morgan fingerprint density at radius 2 is 1.93 bits per heavy atom. The maximum atomic E-state index is 12.0. The van der Waals surface area contributed by atoms with Crippen molar-refractivity contribution >= 4 is 22.2 Å². The van der Waals surface area contributed by atoms with E-state index >= 15 is 0 Å². The van der Waals surface area contributed by atoms with Crippen molar-refractivity contribution in [1.82, 2.24) is 4.90 Å². The molecular formula is C23H30N2O3S. The highest BCUT2D eigenvalue weighted by Gasteiger charge is 2.32. The lowest BCUT2D eigenvalue weighted by molar-refractivity contribution is -0.114. The van der Waals surface area contributed by atoms with E-state index in [2.05, 4.69) is 34.5 Å². The molecule has 1 saturated heterocycles. The summed E-state index contributed by atoms with van der Waals surface area (Å²) in [4.78, 5) is 15.9. The number of hydrogen-bond donors (Lipinski definition) is 1.